The lowest BCUT2D eigenvalue weighted by atomic mass is 10.1. The molecule has 2 atom stereocenters. The first-order chi connectivity index (χ1) is 13.0. The number of rotatable bonds is 4. The second-order valence-corrected chi connectivity index (χ2v) is 7.31. The number of aliphatic hydroxyl groups excluding tert-OH is 1. The molecule has 2 fully saturated rings. The van der Waals surface area contributed by atoms with E-state index >= 15 is 0 Å². The first-order valence-electron chi connectivity index (χ1n) is 9.33. The molecule has 4 rings (SSSR count). The molecule has 0 radical (unpaired) electrons. The van der Waals surface area contributed by atoms with Gasteiger partial charge in [-0.15, -0.1) is 0 Å². The molecule has 0 aliphatic carbocycles. The Morgan fingerprint density at radius 2 is 2.00 bits per heavy atom. The number of aliphatic imine (C=N–C) groups is 1. The SMILES string of the molecule is Cc1cccc(N2CCN3C2=NC2C3C(=O)N(CCCO)C(=O)N2C)c1C. The van der Waals surface area contributed by atoms with E-state index in [1.54, 1.807) is 7.05 Å². The van der Waals surface area contributed by atoms with Crippen LogP contribution in [0, 0.1) is 13.8 Å². The van der Waals surface area contributed by atoms with Crippen LogP contribution >= 0.6 is 0 Å². The van der Waals surface area contributed by atoms with E-state index in [4.69, 9.17) is 10.1 Å². The number of benzene rings is 1. The van der Waals surface area contributed by atoms with Gasteiger partial charge in [0.25, 0.3) is 5.91 Å². The molecule has 2 saturated heterocycles. The van der Waals surface area contributed by atoms with Crippen LogP contribution in [0.15, 0.2) is 23.2 Å². The molecular formula is C19H25N5O3. The van der Waals surface area contributed by atoms with Gasteiger partial charge < -0.3 is 19.8 Å². The molecule has 3 aliphatic rings. The smallest absolute Gasteiger partial charge is 0.328 e. The van der Waals surface area contributed by atoms with E-state index in [0.717, 1.165) is 18.2 Å². The molecule has 8 nitrogen and oxygen atoms in total. The maximum absolute atomic E-state index is 13.0. The Morgan fingerprint density at radius 1 is 1.22 bits per heavy atom. The third-order valence-electron chi connectivity index (χ3n) is 5.78. The normalized spacial score (nSPS) is 24.5. The van der Waals surface area contributed by atoms with E-state index < -0.39 is 12.2 Å². The van der Waals surface area contributed by atoms with Crippen LogP contribution in [0.4, 0.5) is 10.5 Å². The molecule has 0 bridgehead atoms. The summed E-state index contributed by atoms with van der Waals surface area (Å²) in [6.45, 7) is 5.79. The lowest BCUT2D eigenvalue weighted by Gasteiger charge is -2.40. The predicted octanol–water partition coefficient (Wildman–Crippen LogP) is 0.766. The van der Waals surface area contributed by atoms with Gasteiger partial charge in [0.15, 0.2) is 12.2 Å². The van der Waals surface area contributed by atoms with Gasteiger partial charge >= 0.3 is 6.03 Å². The summed E-state index contributed by atoms with van der Waals surface area (Å²) in [6, 6.07) is 5.34. The van der Waals surface area contributed by atoms with Gasteiger partial charge in [-0.2, -0.15) is 0 Å². The minimum absolute atomic E-state index is 0.0548. The van der Waals surface area contributed by atoms with Crippen molar-refractivity contribution >= 4 is 23.6 Å². The largest absolute Gasteiger partial charge is 0.396 e. The van der Waals surface area contributed by atoms with Crippen molar-refractivity contribution in [1.82, 2.24) is 14.7 Å². The number of hydrogen-bond acceptors (Lipinski definition) is 6. The fraction of sp³-hybridized carbons (Fsp3) is 0.526. The quantitative estimate of drug-likeness (QED) is 0.846. The summed E-state index contributed by atoms with van der Waals surface area (Å²) in [5.41, 5.74) is 3.49. The molecule has 1 N–H and O–H groups in total. The van der Waals surface area contributed by atoms with Gasteiger partial charge in [-0.25, -0.2) is 9.79 Å². The van der Waals surface area contributed by atoms with E-state index in [9.17, 15) is 9.59 Å². The lowest BCUT2D eigenvalue weighted by Crippen LogP contribution is -2.64. The van der Waals surface area contributed by atoms with Crippen molar-refractivity contribution in [3.8, 4) is 0 Å². The Hall–Kier alpha value is -2.61. The van der Waals surface area contributed by atoms with Gasteiger partial charge in [-0.05, 0) is 37.5 Å². The summed E-state index contributed by atoms with van der Waals surface area (Å²) in [5.74, 6) is 0.536. The van der Waals surface area contributed by atoms with Crippen molar-refractivity contribution in [2.45, 2.75) is 32.5 Å². The summed E-state index contributed by atoms with van der Waals surface area (Å²) < 4.78 is 0. The summed E-state index contributed by atoms with van der Waals surface area (Å²) in [5, 5.41) is 9.08. The average Bonchev–Trinajstić information content (AvgIpc) is 3.21. The number of aliphatic hydroxyl groups is 1. The van der Waals surface area contributed by atoms with Gasteiger partial charge in [-0.1, -0.05) is 12.1 Å². The molecule has 0 spiro atoms. The van der Waals surface area contributed by atoms with Gasteiger partial charge in [0.05, 0.1) is 0 Å². The second-order valence-electron chi connectivity index (χ2n) is 7.31. The first-order valence-corrected chi connectivity index (χ1v) is 9.33. The Balaban J connectivity index is 1.66. The number of nitrogens with zero attached hydrogens (tertiary/aromatic N) is 5. The van der Waals surface area contributed by atoms with Crippen LogP contribution in [-0.2, 0) is 4.79 Å². The van der Waals surface area contributed by atoms with Gasteiger partial charge in [0.1, 0.15) is 0 Å². The van der Waals surface area contributed by atoms with Crippen molar-refractivity contribution in [1.29, 1.82) is 0 Å². The number of urea groups is 1. The number of carbonyl (C=O) groups excluding carboxylic acids is 2. The molecule has 3 amide bonds. The third kappa shape index (κ3) is 2.58. The highest BCUT2D eigenvalue weighted by atomic mass is 16.3. The molecule has 27 heavy (non-hydrogen) atoms. The summed E-state index contributed by atoms with van der Waals surface area (Å²) in [4.78, 5) is 37.4. The molecule has 2 unspecified atom stereocenters. The van der Waals surface area contributed by atoms with E-state index in [1.165, 1.54) is 20.9 Å². The molecule has 144 valence electrons. The Morgan fingerprint density at radius 3 is 2.74 bits per heavy atom. The zero-order valence-electron chi connectivity index (χ0n) is 15.9. The number of anilines is 1. The maximum Gasteiger partial charge on any atom is 0.328 e. The van der Waals surface area contributed by atoms with Crippen LogP contribution in [-0.4, -0.2) is 83.2 Å². The van der Waals surface area contributed by atoms with Gasteiger partial charge in [-0.3, -0.25) is 9.69 Å². The van der Waals surface area contributed by atoms with E-state index in [0.29, 0.717) is 13.0 Å². The Kier molecular flexibility index (Phi) is 4.30. The molecule has 3 aliphatic heterocycles. The number of guanidine groups is 1. The van der Waals surface area contributed by atoms with Crippen LogP contribution in [0.25, 0.3) is 0 Å². The number of imide groups is 1. The zero-order chi connectivity index (χ0) is 19.3. The fourth-order valence-electron chi connectivity index (χ4n) is 4.13. The molecule has 0 aromatic heterocycles. The van der Waals surface area contributed by atoms with E-state index in [2.05, 4.69) is 30.9 Å². The zero-order valence-corrected chi connectivity index (χ0v) is 15.9. The summed E-state index contributed by atoms with van der Waals surface area (Å²) in [7, 11) is 1.69. The molecular weight excluding hydrogens is 346 g/mol. The van der Waals surface area contributed by atoms with Gasteiger partial charge in [0.2, 0.25) is 5.96 Å². The standard InChI is InChI=1S/C19H25N5O3/c1-12-6-4-7-14(13(12)2)22-9-10-23-15-16(20-18(22)23)21(3)19(27)24(17(15)26)8-5-11-25/h4,6-7,15-16,25H,5,8-11H2,1-3H3. The molecule has 1 aromatic rings. The molecule has 3 heterocycles. The van der Waals surface area contributed by atoms with Crippen LogP contribution in [0.1, 0.15) is 17.5 Å². The topological polar surface area (TPSA) is 79.7 Å². The monoisotopic (exact) mass is 371 g/mol. The second kappa shape index (κ2) is 6.53. The number of fused-ring (bicyclic) bond motifs is 3. The lowest BCUT2D eigenvalue weighted by molar-refractivity contribution is -0.137. The van der Waals surface area contributed by atoms with Crippen molar-refractivity contribution < 1.29 is 14.7 Å². The van der Waals surface area contributed by atoms with Crippen molar-refractivity contribution in [3.63, 3.8) is 0 Å². The number of hydrogen-bond donors (Lipinski definition) is 1. The van der Waals surface area contributed by atoms with Crippen LogP contribution in [0.3, 0.4) is 0 Å². The fourth-order valence-corrected chi connectivity index (χ4v) is 4.13. The number of amides is 3. The summed E-state index contributed by atoms with van der Waals surface area (Å²) in [6.07, 6.45) is -0.122. The third-order valence-corrected chi connectivity index (χ3v) is 5.78. The molecule has 1 aromatic carbocycles. The number of carbonyl (C=O) groups is 2. The van der Waals surface area contributed by atoms with E-state index in [1.807, 2.05) is 11.0 Å². The van der Waals surface area contributed by atoms with Crippen molar-refractivity contribution in [2.75, 3.05) is 38.2 Å². The first kappa shape index (κ1) is 17.8. The number of aryl methyl sites for hydroxylation is 1. The van der Waals surface area contributed by atoms with Crippen LogP contribution < -0.4 is 4.90 Å². The Bertz CT molecular complexity index is 824. The van der Waals surface area contributed by atoms with Gasteiger partial charge in [0, 0.05) is 39.0 Å². The van der Waals surface area contributed by atoms with Crippen molar-refractivity contribution in [3.05, 3.63) is 29.3 Å². The maximum atomic E-state index is 13.0. The molecule has 0 saturated carbocycles. The van der Waals surface area contributed by atoms with Crippen molar-refractivity contribution in [2.24, 2.45) is 4.99 Å². The minimum Gasteiger partial charge on any atom is -0.396 e. The minimum atomic E-state index is -0.502. The predicted molar refractivity (Wildman–Crippen MR) is 102 cm³/mol. The highest BCUT2D eigenvalue weighted by Gasteiger charge is 2.54. The van der Waals surface area contributed by atoms with Crippen LogP contribution in [0.2, 0.25) is 0 Å². The highest BCUT2D eigenvalue weighted by Crippen LogP contribution is 2.34. The number of likely N-dealkylation sites (N-methyl/N-ethyl adjacent to an activating group) is 1. The van der Waals surface area contributed by atoms with E-state index in [-0.39, 0.29) is 25.1 Å². The summed E-state index contributed by atoms with van der Waals surface area (Å²) >= 11 is 0. The molecule has 8 heteroatoms. The highest BCUT2D eigenvalue weighted by molar-refractivity contribution is 6.08. The Labute approximate surface area is 158 Å². The average molecular weight is 371 g/mol. The van der Waals surface area contributed by atoms with Crippen LogP contribution in [0.5, 0.6) is 0 Å².